The van der Waals surface area contributed by atoms with Crippen LogP contribution in [0.2, 0.25) is 0 Å². The summed E-state index contributed by atoms with van der Waals surface area (Å²) in [6, 6.07) is 0. The van der Waals surface area contributed by atoms with Gasteiger partial charge in [0, 0.05) is 12.6 Å². The number of aliphatic hydroxyl groups is 2. The molecule has 1 aromatic heterocycles. The molecule has 0 bridgehead atoms. The predicted octanol–water partition coefficient (Wildman–Crippen LogP) is -1.06. The zero-order valence-corrected chi connectivity index (χ0v) is 10.3. The smallest absolute Gasteiger partial charge is 0.330 e. The second-order valence-corrected chi connectivity index (χ2v) is 4.59. The Bertz CT molecular complexity index is 525. The molecule has 0 spiro atoms. The van der Waals surface area contributed by atoms with Gasteiger partial charge in [0.15, 0.2) is 0 Å². The van der Waals surface area contributed by atoms with Crippen LogP contribution in [0.25, 0.3) is 0 Å². The predicted molar refractivity (Wildman–Crippen MR) is 60.6 cm³/mol. The molecule has 8 heteroatoms. The highest BCUT2D eigenvalue weighted by molar-refractivity contribution is 9.10. The van der Waals surface area contributed by atoms with Crippen molar-refractivity contribution in [3.8, 4) is 0 Å². The first-order valence-corrected chi connectivity index (χ1v) is 5.78. The minimum Gasteiger partial charge on any atom is -0.394 e. The van der Waals surface area contributed by atoms with Gasteiger partial charge in [0.2, 0.25) is 0 Å². The van der Waals surface area contributed by atoms with Crippen molar-refractivity contribution in [2.75, 3.05) is 6.61 Å². The van der Waals surface area contributed by atoms with Crippen LogP contribution in [0.15, 0.2) is 20.3 Å². The van der Waals surface area contributed by atoms with E-state index in [1.165, 1.54) is 6.20 Å². The van der Waals surface area contributed by atoms with E-state index in [-0.39, 0.29) is 17.5 Å². The first kappa shape index (κ1) is 12.5. The quantitative estimate of drug-likeness (QED) is 0.646. The molecule has 1 fully saturated rings. The molecule has 1 saturated heterocycles. The lowest BCUT2D eigenvalue weighted by Gasteiger charge is -2.13. The Kier molecular flexibility index (Phi) is 3.48. The zero-order chi connectivity index (χ0) is 12.6. The van der Waals surface area contributed by atoms with Gasteiger partial charge in [-0.3, -0.25) is 4.79 Å². The Morgan fingerprint density at radius 3 is 2.88 bits per heavy atom. The van der Waals surface area contributed by atoms with Crippen LogP contribution in [0.1, 0.15) is 12.6 Å². The standard InChI is InChI=1S/C9H11BrN2O5/c10-4-2-11-9(16)12(8(4)15)7-1-5(14)6(3-13)17-7/h2,5-7,13-14H,1,3H2,(H,11,16)/t5-,6-,7-/m1/s1. The summed E-state index contributed by atoms with van der Waals surface area (Å²) < 4.78 is 6.32. The minimum absolute atomic E-state index is 0.0880. The van der Waals surface area contributed by atoms with Crippen molar-refractivity contribution in [2.45, 2.75) is 24.9 Å². The maximum absolute atomic E-state index is 11.8. The lowest BCUT2D eigenvalue weighted by molar-refractivity contribution is -0.0470. The summed E-state index contributed by atoms with van der Waals surface area (Å²) in [6.07, 6.45) is -1.20. The Hall–Kier alpha value is -0.960. The largest absolute Gasteiger partial charge is 0.394 e. The second-order valence-electron chi connectivity index (χ2n) is 3.73. The van der Waals surface area contributed by atoms with Crippen molar-refractivity contribution < 1.29 is 14.9 Å². The van der Waals surface area contributed by atoms with Crippen molar-refractivity contribution in [1.29, 1.82) is 0 Å². The Labute approximate surface area is 104 Å². The number of halogens is 1. The molecule has 1 aliphatic rings. The van der Waals surface area contributed by atoms with Crippen molar-refractivity contribution in [3.63, 3.8) is 0 Å². The molecule has 2 rings (SSSR count). The third-order valence-electron chi connectivity index (χ3n) is 2.64. The van der Waals surface area contributed by atoms with Crippen molar-refractivity contribution >= 4 is 15.9 Å². The third-order valence-corrected chi connectivity index (χ3v) is 3.20. The first-order chi connectivity index (χ1) is 8.04. The summed E-state index contributed by atoms with van der Waals surface area (Å²) in [6.45, 7) is -0.363. The van der Waals surface area contributed by atoms with Gasteiger partial charge in [0.1, 0.15) is 12.3 Å². The van der Waals surface area contributed by atoms with Crippen LogP contribution in [0.4, 0.5) is 0 Å². The van der Waals surface area contributed by atoms with Crippen LogP contribution >= 0.6 is 15.9 Å². The van der Waals surface area contributed by atoms with Crippen LogP contribution in [0, 0.1) is 0 Å². The van der Waals surface area contributed by atoms with Gasteiger partial charge in [-0.1, -0.05) is 0 Å². The molecule has 2 heterocycles. The Morgan fingerprint density at radius 1 is 1.59 bits per heavy atom. The molecular weight excluding hydrogens is 296 g/mol. The van der Waals surface area contributed by atoms with E-state index in [1.54, 1.807) is 0 Å². The SMILES string of the molecule is O=c1[nH]cc(Br)c(=O)n1[C@H]1C[C@@H](O)[C@@H](CO)O1. The fourth-order valence-electron chi connectivity index (χ4n) is 1.76. The molecule has 1 aliphatic heterocycles. The highest BCUT2D eigenvalue weighted by Crippen LogP contribution is 2.26. The average Bonchev–Trinajstić information content (AvgIpc) is 2.65. The summed E-state index contributed by atoms with van der Waals surface area (Å²) in [5, 5.41) is 18.5. The van der Waals surface area contributed by atoms with E-state index in [2.05, 4.69) is 20.9 Å². The molecule has 0 aliphatic carbocycles. The molecule has 3 atom stereocenters. The number of aromatic nitrogens is 2. The fourth-order valence-corrected chi connectivity index (χ4v) is 2.07. The fraction of sp³-hybridized carbons (Fsp3) is 0.556. The maximum atomic E-state index is 11.8. The topological polar surface area (TPSA) is 105 Å². The molecule has 7 nitrogen and oxygen atoms in total. The normalized spacial score (nSPS) is 28.5. The van der Waals surface area contributed by atoms with Gasteiger partial charge >= 0.3 is 5.69 Å². The number of nitrogens with one attached hydrogen (secondary N) is 1. The molecule has 3 N–H and O–H groups in total. The lowest BCUT2D eigenvalue weighted by Crippen LogP contribution is -2.38. The number of rotatable bonds is 2. The van der Waals surface area contributed by atoms with E-state index in [0.29, 0.717) is 0 Å². The molecule has 94 valence electrons. The second kappa shape index (κ2) is 4.73. The summed E-state index contributed by atoms with van der Waals surface area (Å²) in [5.74, 6) is 0. The van der Waals surface area contributed by atoms with Crippen LogP contribution in [-0.2, 0) is 4.74 Å². The van der Waals surface area contributed by atoms with E-state index >= 15 is 0 Å². The van der Waals surface area contributed by atoms with Gasteiger partial charge in [-0.15, -0.1) is 0 Å². The van der Waals surface area contributed by atoms with Crippen LogP contribution in [0.3, 0.4) is 0 Å². The van der Waals surface area contributed by atoms with Crippen LogP contribution < -0.4 is 11.2 Å². The summed E-state index contributed by atoms with van der Waals surface area (Å²) >= 11 is 3.00. The van der Waals surface area contributed by atoms with E-state index in [9.17, 15) is 14.7 Å². The average molecular weight is 307 g/mol. The summed E-state index contributed by atoms with van der Waals surface area (Å²) in [7, 11) is 0. The molecule has 0 aromatic carbocycles. The summed E-state index contributed by atoms with van der Waals surface area (Å²) in [4.78, 5) is 25.7. The Morgan fingerprint density at radius 2 is 2.29 bits per heavy atom. The van der Waals surface area contributed by atoms with Crippen molar-refractivity contribution in [3.05, 3.63) is 31.5 Å². The van der Waals surface area contributed by atoms with E-state index in [1.807, 2.05) is 0 Å². The number of hydrogen-bond acceptors (Lipinski definition) is 5. The van der Waals surface area contributed by atoms with Gasteiger partial charge in [-0.2, -0.15) is 0 Å². The van der Waals surface area contributed by atoms with Crippen molar-refractivity contribution in [1.82, 2.24) is 9.55 Å². The van der Waals surface area contributed by atoms with Crippen LogP contribution in [0.5, 0.6) is 0 Å². The number of ether oxygens (including phenoxy) is 1. The monoisotopic (exact) mass is 306 g/mol. The van der Waals surface area contributed by atoms with E-state index < -0.39 is 29.7 Å². The number of nitrogens with zero attached hydrogens (tertiary/aromatic N) is 1. The molecule has 0 amide bonds. The van der Waals surface area contributed by atoms with Gasteiger partial charge in [0.25, 0.3) is 5.56 Å². The van der Waals surface area contributed by atoms with Gasteiger partial charge < -0.3 is 19.9 Å². The van der Waals surface area contributed by atoms with Gasteiger partial charge in [0.05, 0.1) is 17.2 Å². The zero-order valence-electron chi connectivity index (χ0n) is 8.67. The maximum Gasteiger partial charge on any atom is 0.330 e. The van der Waals surface area contributed by atoms with Crippen LogP contribution in [-0.4, -0.2) is 38.6 Å². The number of hydrogen-bond donors (Lipinski definition) is 3. The number of H-pyrrole nitrogens is 1. The molecule has 0 saturated carbocycles. The molecule has 0 unspecified atom stereocenters. The molecular formula is C9H11BrN2O5. The molecule has 1 aromatic rings. The highest BCUT2D eigenvalue weighted by atomic mass is 79.9. The van der Waals surface area contributed by atoms with E-state index in [0.717, 1.165) is 4.57 Å². The first-order valence-electron chi connectivity index (χ1n) is 4.98. The number of aromatic amines is 1. The molecule has 0 radical (unpaired) electrons. The van der Waals surface area contributed by atoms with Crippen molar-refractivity contribution in [2.24, 2.45) is 0 Å². The third kappa shape index (κ3) is 2.21. The molecule has 17 heavy (non-hydrogen) atoms. The number of aliphatic hydroxyl groups excluding tert-OH is 2. The Balaban J connectivity index is 2.40. The highest BCUT2D eigenvalue weighted by Gasteiger charge is 2.35. The summed E-state index contributed by atoms with van der Waals surface area (Å²) in [5.41, 5.74) is -1.15. The van der Waals surface area contributed by atoms with Gasteiger partial charge in [-0.05, 0) is 15.9 Å². The van der Waals surface area contributed by atoms with E-state index in [4.69, 9.17) is 9.84 Å². The minimum atomic E-state index is -0.893. The van der Waals surface area contributed by atoms with Gasteiger partial charge in [-0.25, -0.2) is 9.36 Å². The lowest BCUT2D eigenvalue weighted by atomic mass is 10.2.